The van der Waals surface area contributed by atoms with Gasteiger partial charge in [-0.1, -0.05) is 13.8 Å². The van der Waals surface area contributed by atoms with Crippen molar-refractivity contribution in [1.82, 2.24) is 16.0 Å². The van der Waals surface area contributed by atoms with E-state index in [4.69, 9.17) is 17.2 Å². The van der Waals surface area contributed by atoms with E-state index in [0.717, 1.165) is 0 Å². The van der Waals surface area contributed by atoms with Crippen molar-refractivity contribution in [2.45, 2.75) is 44.8 Å². The monoisotopic (exact) mass is 433 g/mol. The van der Waals surface area contributed by atoms with Gasteiger partial charge >= 0.3 is 5.97 Å². The molecule has 3 atom stereocenters. The molecule has 0 heterocycles. The van der Waals surface area contributed by atoms with Crippen molar-refractivity contribution in [3.05, 3.63) is 0 Å². The Bertz CT molecular complexity index is 610. The van der Waals surface area contributed by atoms with E-state index >= 15 is 0 Å². The molecule has 0 spiro atoms. The summed E-state index contributed by atoms with van der Waals surface area (Å²) in [5, 5.41) is 16.3. The van der Waals surface area contributed by atoms with Gasteiger partial charge in [-0.2, -0.15) is 12.6 Å². The molecule has 0 fully saturated rings. The van der Waals surface area contributed by atoms with Crippen LogP contribution in [-0.2, 0) is 19.2 Å². The lowest BCUT2D eigenvalue weighted by Gasteiger charge is -2.21. The number of hydrogen-bond donors (Lipinski definition) is 8. The van der Waals surface area contributed by atoms with Gasteiger partial charge in [-0.25, -0.2) is 4.79 Å². The molecule has 0 saturated carbocycles. The third-order valence-corrected chi connectivity index (χ3v) is 4.20. The first-order chi connectivity index (χ1) is 13.5. The number of guanidine groups is 1. The topological polar surface area (TPSA) is 215 Å². The second kappa shape index (κ2) is 13.6. The summed E-state index contributed by atoms with van der Waals surface area (Å²) in [6.45, 7) is 3.29. The van der Waals surface area contributed by atoms with Gasteiger partial charge in [0.05, 0.1) is 12.6 Å². The average Bonchev–Trinajstić information content (AvgIpc) is 2.64. The maximum atomic E-state index is 12.2. The predicted octanol–water partition coefficient (Wildman–Crippen LogP) is -2.88. The number of nitrogens with two attached hydrogens (primary N) is 3. The quantitative estimate of drug-likeness (QED) is 0.0651. The zero-order valence-electron chi connectivity index (χ0n) is 16.6. The highest BCUT2D eigenvalue weighted by atomic mass is 32.1. The van der Waals surface area contributed by atoms with Crippen LogP contribution < -0.4 is 33.2 Å². The number of carbonyl (C=O) groups is 4. The van der Waals surface area contributed by atoms with E-state index in [9.17, 15) is 24.3 Å². The Morgan fingerprint density at radius 2 is 1.69 bits per heavy atom. The summed E-state index contributed by atoms with van der Waals surface area (Å²) in [6, 6.07) is -2.93. The highest BCUT2D eigenvalue weighted by molar-refractivity contribution is 7.80. The third-order valence-electron chi connectivity index (χ3n) is 3.84. The minimum absolute atomic E-state index is 0.00739. The smallest absolute Gasteiger partial charge is 0.326 e. The lowest BCUT2D eigenvalue weighted by atomic mass is 10.0. The molecule has 166 valence electrons. The van der Waals surface area contributed by atoms with Crippen molar-refractivity contribution in [3.63, 3.8) is 0 Å². The second-order valence-corrected chi connectivity index (χ2v) is 7.00. The minimum Gasteiger partial charge on any atom is -0.480 e. The molecule has 0 radical (unpaired) electrons. The van der Waals surface area contributed by atoms with Crippen LogP contribution in [0.1, 0.15) is 26.7 Å². The number of nitrogens with zero attached hydrogens (tertiary/aromatic N) is 1. The Balaban J connectivity index is 4.56. The van der Waals surface area contributed by atoms with E-state index < -0.39 is 48.4 Å². The van der Waals surface area contributed by atoms with Crippen LogP contribution in [0, 0.1) is 5.92 Å². The molecule has 10 N–H and O–H groups in total. The molecule has 0 aliphatic rings. The lowest BCUT2D eigenvalue weighted by Crippen LogP contribution is -2.55. The van der Waals surface area contributed by atoms with Crippen LogP contribution in [0.25, 0.3) is 0 Å². The maximum Gasteiger partial charge on any atom is 0.326 e. The Hall–Kier alpha value is -2.54. The number of aliphatic imine (C=N–C) groups is 1. The van der Waals surface area contributed by atoms with E-state index in [-0.39, 0.29) is 30.6 Å². The first kappa shape index (κ1) is 26.5. The summed E-state index contributed by atoms with van der Waals surface area (Å²) < 4.78 is 0. The number of hydrogen-bond acceptors (Lipinski definition) is 7. The number of aliphatic carboxylic acids is 1. The third kappa shape index (κ3) is 11.1. The molecule has 12 nitrogen and oxygen atoms in total. The van der Waals surface area contributed by atoms with Gasteiger partial charge in [0.1, 0.15) is 12.1 Å². The normalized spacial score (nSPS) is 13.7. The Kier molecular flexibility index (Phi) is 12.4. The first-order valence-electron chi connectivity index (χ1n) is 9.01. The summed E-state index contributed by atoms with van der Waals surface area (Å²) >= 11 is 4.02. The average molecular weight is 434 g/mol. The fraction of sp³-hybridized carbons (Fsp3) is 0.688. The van der Waals surface area contributed by atoms with E-state index in [1.54, 1.807) is 13.8 Å². The molecular weight excluding hydrogens is 402 g/mol. The van der Waals surface area contributed by atoms with Crippen LogP contribution in [-0.4, -0.2) is 71.7 Å². The van der Waals surface area contributed by atoms with E-state index in [1.807, 2.05) is 0 Å². The van der Waals surface area contributed by atoms with E-state index in [2.05, 4.69) is 33.6 Å². The summed E-state index contributed by atoms with van der Waals surface area (Å²) in [5.41, 5.74) is 16.1. The summed E-state index contributed by atoms with van der Waals surface area (Å²) in [4.78, 5) is 51.0. The number of nitrogens with one attached hydrogen (secondary N) is 3. The number of carbonyl (C=O) groups excluding carboxylic acids is 3. The highest BCUT2D eigenvalue weighted by Crippen LogP contribution is 2.00. The molecule has 3 unspecified atom stereocenters. The molecule has 0 bridgehead atoms. The van der Waals surface area contributed by atoms with Crippen LogP contribution in [0.15, 0.2) is 4.99 Å². The maximum absolute atomic E-state index is 12.2. The first-order valence-corrected chi connectivity index (χ1v) is 9.64. The molecule has 29 heavy (non-hydrogen) atoms. The molecule has 0 aliphatic carbocycles. The summed E-state index contributed by atoms with van der Waals surface area (Å²) in [7, 11) is 0. The fourth-order valence-electron chi connectivity index (χ4n) is 2.06. The number of thiol groups is 1. The van der Waals surface area contributed by atoms with Gasteiger partial charge in [-0.05, 0) is 18.8 Å². The molecule has 0 saturated heterocycles. The van der Waals surface area contributed by atoms with Gasteiger partial charge in [0.25, 0.3) is 0 Å². The van der Waals surface area contributed by atoms with Crippen molar-refractivity contribution in [2.24, 2.45) is 28.1 Å². The predicted molar refractivity (Wildman–Crippen MR) is 111 cm³/mol. The number of carboxylic acids is 1. The Morgan fingerprint density at radius 1 is 1.07 bits per heavy atom. The summed E-state index contributed by atoms with van der Waals surface area (Å²) in [5.74, 6) is -3.31. The molecule has 0 aliphatic heterocycles. The fourth-order valence-corrected chi connectivity index (χ4v) is 2.32. The molecule has 0 rings (SSSR count). The van der Waals surface area contributed by atoms with Crippen molar-refractivity contribution >= 4 is 42.3 Å². The van der Waals surface area contributed by atoms with Gasteiger partial charge < -0.3 is 38.3 Å². The van der Waals surface area contributed by atoms with Gasteiger partial charge in [0, 0.05) is 12.3 Å². The number of rotatable bonds is 13. The van der Waals surface area contributed by atoms with Crippen LogP contribution in [0.4, 0.5) is 0 Å². The molecular formula is C16H31N7O5S. The standard InChI is InChI=1S/C16H31N7O5S/c1-8(2)12(17)14(26)23-10(7-29)13(25)21-6-11(24)22-9(15(27)28)4-3-5-20-16(18)19/h8-10,12,29H,3-7,17H2,1-2H3,(H,21,25)(H,22,24)(H,23,26)(H,27,28)(H4,18,19,20). The van der Waals surface area contributed by atoms with Gasteiger partial charge in [0.15, 0.2) is 5.96 Å². The Labute approximate surface area is 174 Å². The SMILES string of the molecule is CC(C)C(N)C(=O)NC(CS)C(=O)NCC(=O)NC(CCCN=C(N)N)C(=O)O. The Morgan fingerprint density at radius 3 is 2.17 bits per heavy atom. The van der Waals surface area contributed by atoms with Crippen LogP contribution >= 0.6 is 12.6 Å². The largest absolute Gasteiger partial charge is 0.480 e. The second-order valence-electron chi connectivity index (χ2n) is 6.64. The molecule has 0 aromatic heterocycles. The van der Waals surface area contributed by atoms with Crippen LogP contribution in [0.5, 0.6) is 0 Å². The van der Waals surface area contributed by atoms with Crippen molar-refractivity contribution in [3.8, 4) is 0 Å². The molecule has 3 amide bonds. The zero-order valence-corrected chi connectivity index (χ0v) is 17.4. The molecule has 13 heteroatoms. The van der Waals surface area contributed by atoms with Gasteiger partial charge in [-0.15, -0.1) is 0 Å². The minimum atomic E-state index is -1.22. The van der Waals surface area contributed by atoms with Gasteiger partial charge in [0.2, 0.25) is 17.7 Å². The highest BCUT2D eigenvalue weighted by Gasteiger charge is 2.25. The van der Waals surface area contributed by atoms with E-state index in [0.29, 0.717) is 6.42 Å². The molecule has 0 aromatic carbocycles. The van der Waals surface area contributed by atoms with Crippen LogP contribution in [0.3, 0.4) is 0 Å². The van der Waals surface area contributed by atoms with Gasteiger partial charge in [-0.3, -0.25) is 19.4 Å². The number of carboxylic acid groups (broad SMARTS) is 1. The zero-order chi connectivity index (χ0) is 22.6. The van der Waals surface area contributed by atoms with Crippen molar-refractivity contribution in [2.75, 3.05) is 18.8 Å². The molecule has 0 aromatic rings. The lowest BCUT2D eigenvalue weighted by molar-refractivity contribution is -0.142. The summed E-state index contributed by atoms with van der Waals surface area (Å²) in [6.07, 6.45) is 0.444. The van der Waals surface area contributed by atoms with Crippen molar-refractivity contribution in [1.29, 1.82) is 0 Å². The van der Waals surface area contributed by atoms with Crippen molar-refractivity contribution < 1.29 is 24.3 Å². The number of amides is 3. The van der Waals surface area contributed by atoms with Crippen LogP contribution in [0.2, 0.25) is 0 Å². The van der Waals surface area contributed by atoms with E-state index in [1.165, 1.54) is 0 Å².